The molecule has 6 nitrogen and oxygen atoms in total. The highest BCUT2D eigenvalue weighted by Crippen LogP contribution is 2.12. The zero-order chi connectivity index (χ0) is 15.8. The lowest BCUT2D eigenvalue weighted by atomic mass is 10.2. The maximum Gasteiger partial charge on any atom is 0.191 e. The number of nitrogens with zero attached hydrogens (tertiary/aromatic N) is 3. The lowest BCUT2D eigenvalue weighted by molar-refractivity contribution is 0.0211. The van der Waals surface area contributed by atoms with Gasteiger partial charge in [-0.2, -0.15) is 0 Å². The fourth-order valence-corrected chi connectivity index (χ4v) is 3.06. The molecule has 1 atom stereocenters. The Morgan fingerprint density at radius 3 is 2.86 bits per heavy atom. The topological polar surface area (TPSA) is 61.8 Å². The molecule has 1 saturated heterocycles. The SMILES string of the molecule is CCNC(=NCc1scnc1C)NCC(C)N1CCOCC1. The van der Waals surface area contributed by atoms with E-state index in [0.29, 0.717) is 12.6 Å². The lowest BCUT2D eigenvalue weighted by Crippen LogP contribution is -2.49. The van der Waals surface area contributed by atoms with Crippen molar-refractivity contribution in [2.75, 3.05) is 39.4 Å². The molecule has 0 bridgehead atoms. The Morgan fingerprint density at radius 2 is 2.23 bits per heavy atom. The summed E-state index contributed by atoms with van der Waals surface area (Å²) in [6.45, 7) is 12.5. The summed E-state index contributed by atoms with van der Waals surface area (Å²) < 4.78 is 5.40. The summed E-state index contributed by atoms with van der Waals surface area (Å²) in [5, 5.41) is 6.74. The third kappa shape index (κ3) is 5.23. The molecule has 2 N–H and O–H groups in total. The van der Waals surface area contributed by atoms with Gasteiger partial charge in [0.15, 0.2) is 5.96 Å². The average molecular weight is 325 g/mol. The molecular formula is C15H27N5OS. The second kappa shape index (κ2) is 9.07. The van der Waals surface area contributed by atoms with E-state index in [1.54, 1.807) is 11.3 Å². The van der Waals surface area contributed by atoms with E-state index in [1.807, 2.05) is 12.4 Å². The summed E-state index contributed by atoms with van der Waals surface area (Å²) in [4.78, 5) is 12.6. The Bertz CT molecular complexity index is 470. The summed E-state index contributed by atoms with van der Waals surface area (Å²) >= 11 is 1.66. The third-order valence-corrected chi connectivity index (χ3v) is 4.72. The first-order valence-corrected chi connectivity index (χ1v) is 8.81. The minimum Gasteiger partial charge on any atom is -0.379 e. The molecule has 124 valence electrons. The van der Waals surface area contributed by atoms with Crippen molar-refractivity contribution in [3.63, 3.8) is 0 Å². The maximum absolute atomic E-state index is 5.40. The molecule has 0 aromatic carbocycles. The molecule has 1 unspecified atom stereocenters. The first kappa shape index (κ1) is 17.2. The van der Waals surface area contributed by atoms with Gasteiger partial charge >= 0.3 is 0 Å². The third-order valence-electron chi connectivity index (χ3n) is 3.80. The normalized spacial score (nSPS) is 18.2. The van der Waals surface area contributed by atoms with Crippen molar-refractivity contribution in [2.24, 2.45) is 4.99 Å². The van der Waals surface area contributed by atoms with Gasteiger partial charge in [-0.05, 0) is 20.8 Å². The Balaban J connectivity index is 1.83. The van der Waals surface area contributed by atoms with Crippen LogP contribution in [0.1, 0.15) is 24.4 Å². The number of nitrogens with one attached hydrogen (secondary N) is 2. The van der Waals surface area contributed by atoms with Crippen LogP contribution in [0.2, 0.25) is 0 Å². The Hall–Kier alpha value is -1.18. The van der Waals surface area contributed by atoms with E-state index in [-0.39, 0.29) is 0 Å². The summed E-state index contributed by atoms with van der Waals surface area (Å²) in [6, 6.07) is 0.470. The van der Waals surface area contributed by atoms with Crippen molar-refractivity contribution in [3.05, 3.63) is 16.1 Å². The van der Waals surface area contributed by atoms with Crippen molar-refractivity contribution in [1.82, 2.24) is 20.5 Å². The summed E-state index contributed by atoms with van der Waals surface area (Å²) in [7, 11) is 0. The van der Waals surface area contributed by atoms with E-state index in [1.165, 1.54) is 4.88 Å². The molecule has 1 fully saturated rings. The summed E-state index contributed by atoms with van der Waals surface area (Å²) in [5.74, 6) is 0.871. The van der Waals surface area contributed by atoms with E-state index in [2.05, 4.69) is 39.4 Å². The molecule has 1 aromatic rings. The molecule has 0 radical (unpaired) electrons. The van der Waals surface area contributed by atoms with Gasteiger partial charge in [0.1, 0.15) is 0 Å². The highest BCUT2D eigenvalue weighted by Gasteiger charge is 2.17. The predicted molar refractivity (Wildman–Crippen MR) is 91.5 cm³/mol. The first-order valence-electron chi connectivity index (χ1n) is 7.93. The van der Waals surface area contributed by atoms with Gasteiger partial charge in [0.05, 0.1) is 31.0 Å². The molecule has 0 aliphatic carbocycles. The van der Waals surface area contributed by atoms with E-state index in [4.69, 9.17) is 4.74 Å². The van der Waals surface area contributed by atoms with Gasteiger partial charge in [0.25, 0.3) is 0 Å². The molecule has 1 aromatic heterocycles. The largest absolute Gasteiger partial charge is 0.379 e. The fourth-order valence-electron chi connectivity index (χ4n) is 2.36. The number of hydrogen-bond acceptors (Lipinski definition) is 5. The number of morpholine rings is 1. The molecule has 22 heavy (non-hydrogen) atoms. The van der Waals surface area contributed by atoms with Crippen LogP contribution in [0.25, 0.3) is 0 Å². The Labute approximate surface area is 137 Å². The molecule has 0 amide bonds. The van der Waals surface area contributed by atoms with E-state index in [0.717, 1.165) is 51.0 Å². The van der Waals surface area contributed by atoms with Crippen LogP contribution < -0.4 is 10.6 Å². The van der Waals surface area contributed by atoms with E-state index in [9.17, 15) is 0 Å². The molecule has 2 rings (SSSR count). The number of ether oxygens (including phenoxy) is 1. The number of guanidine groups is 1. The van der Waals surface area contributed by atoms with Crippen molar-refractivity contribution < 1.29 is 4.74 Å². The van der Waals surface area contributed by atoms with Gasteiger partial charge in [0.2, 0.25) is 0 Å². The maximum atomic E-state index is 5.40. The van der Waals surface area contributed by atoms with Gasteiger partial charge in [-0.25, -0.2) is 9.98 Å². The predicted octanol–water partition coefficient (Wildman–Crippen LogP) is 1.23. The highest BCUT2D eigenvalue weighted by molar-refractivity contribution is 7.09. The van der Waals surface area contributed by atoms with E-state index >= 15 is 0 Å². The Kier molecular flexibility index (Phi) is 7.08. The van der Waals surface area contributed by atoms with Crippen LogP contribution in [0, 0.1) is 6.92 Å². The number of rotatable bonds is 6. The average Bonchev–Trinajstić information content (AvgIpc) is 2.96. The number of thiazole rings is 1. The summed E-state index contributed by atoms with van der Waals surface area (Å²) in [6.07, 6.45) is 0. The van der Waals surface area contributed by atoms with Crippen LogP contribution in [-0.2, 0) is 11.3 Å². The number of aryl methyl sites for hydroxylation is 1. The zero-order valence-electron chi connectivity index (χ0n) is 13.8. The molecule has 1 aliphatic heterocycles. The minimum absolute atomic E-state index is 0.470. The molecule has 2 heterocycles. The molecule has 7 heteroatoms. The van der Waals surface area contributed by atoms with Gasteiger partial charge < -0.3 is 15.4 Å². The minimum atomic E-state index is 0.470. The van der Waals surface area contributed by atoms with Gasteiger partial charge in [-0.3, -0.25) is 4.90 Å². The second-order valence-corrected chi connectivity index (χ2v) is 6.37. The quantitative estimate of drug-likeness (QED) is 0.608. The lowest BCUT2D eigenvalue weighted by Gasteiger charge is -2.32. The van der Waals surface area contributed by atoms with Crippen molar-refractivity contribution in [2.45, 2.75) is 33.4 Å². The number of hydrogen-bond donors (Lipinski definition) is 2. The molecule has 0 spiro atoms. The highest BCUT2D eigenvalue weighted by atomic mass is 32.1. The fraction of sp³-hybridized carbons (Fsp3) is 0.733. The van der Waals surface area contributed by atoms with Gasteiger partial charge in [-0.15, -0.1) is 11.3 Å². The van der Waals surface area contributed by atoms with Crippen LogP contribution in [0.5, 0.6) is 0 Å². The van der Waals surface area contributed by atoms with Gasteiger partial charge in [-0.1, -0.05) is 0 Å². The van der Waals surface area contributed by atoms with Crippen LogP contribution in [0.4, 0.5) is 0 Å². The number of aliphatic imine (C=N–C) groups is 1. The second-order valence-electron chi connectivity index (χ2n) is 5.43. The summed E-state index contributed by atoms with van der Waals surface area (Å²) in [5.41, 5.74) is 2.95. The van der Waals surface area contributed by atoms with Gasteiger partial charge in [0, 0.05) is 37.1 Å². The van der Waals surface area contributed by atoms with Crippen molar-refractivity contribution in [3.8, 4) is 0 Å². The van der Waals surface area contributed by atoms with Crippen LogP contribution in [-0.4, -0.2) is 61.3 Å². The standard InChI is InChI=1S/C15H27N5OS/c1-4-16-15(18-10-14-13(3)19-11-22-14)17-9-12(2)20-5-7-21-8-6-20/h11-12H,4-10H2,1-3H3,(H2,16,17,18). The molecular weight excluding hydrogens is 298 g/mol. The molecule has 0 saturated carbocycles. The first-order chi connectivity index (χ1) is 10.7. The molecule has 1 aliphatic rings. The van der Waals surface area contributed by atoms with Crippen molar-refractivity contribution >= 4 is 17.3 Å². The zero-order valence-corrected chi connectivity index (χ0v) is 14.6. The van der Waals surface area contributed by atoms with E-state index < -0.39 is 0 Å². The van der Waals surface area contributed by atoms with Crippen LogP contribution >= 0.6 is 11.3 Å². The monoisotopic (exact) mass is 325 g/mol. The van der Waals surface area contributed by atoms with Crippen LogP contribution in [0.3, 0.4) is 0 Å². The van der Waals surface area contributed by atoms with Crippen molar-refractivity contribution in [1.29, 1.82) is 0 Å². The Morgan fingerprint density at radius 1 is 1.45 bits per heavy atom. The number of aromatic nitrogens is 1. The smallest absolute Gasteiger partial charge is 0.191 e. The van der Waals surface area contributed by atoms with Crippen LogP contribution in [0.15, 0.2) is 10.5 Å².